The molecular formula is C20H20F6O9. The molecule has 1 saturated carbocycles. The second-order valence-electron chi connectivity index (χ2n) is 8.76. The third kappa shape index (κ3) is 4.85. The molecule has 4 aliphatic rings. The minimum atomic E-state index is -5.80. The highest BCUT2D eigenvalue weighted by molar-refractivity contribution is 5.90. The van der Waals surface area contributed by atoms with Crippen molar-refractivity contribution in [2.75, 3.05) is 0 Å². The van der Waals surface area contributed by atoms with Gasteiger partial charge in [-0.3, -0.25) is 4.79 Å². The monoisotopic (exact) mass is 518 g/mol. The van der Waals surface area contributed by atoms with E-state index in [1.54, 1.807) is 0 Å². The molecule has 4 rings (SSSR count). The molecule has 9 nitrogen and oxygen atoms in total. The van der Waals surface area contributed by atoms with Gasteiger partial charge in [-0.1, -0.05) is 6.58 Å². The van der Waals surface area contributed by atoms with E-state index in [2.05, 4.69) is 11.3 Å². The van der Waals surface area contributed by atoms with Crippen LogP contribution in [-0.2, 0) is 42.8 Å². The lowest BCUT2D eigenvalue weighted by Gasteiger charge is -2.36. The standard InChI is InChI=1S/C20H20F6O9/c1-7(2)13(27)31-11-9-10(30-15(11)29)12-16(32-9)35-18(34-12)5-3-8(4-6-18)14(28)33-17(19(21,22)23)20(24,25)26/h8-12,16-17H,1,3-6H2,2H3/t8?,9-,10-,11-,12+,16+,18?/m0/s1. The fourth-order valence-corrected chi connectivity index (χ4v) is 4.46. The number of halogens is 6. The van der Waals surface area contributed by atoms with Crippen molar-refractivity contribution in [1.82, 2.24) is 0 Å². The Morgan fingerprint density at radius 3 is 2.17 bits per heavy atom. The van der Waals surface area contributed by atoms with Crippen molar-refractivity contribution >= 4 is 17.9 Å². The van der Waals surface area contributed by atoms with Crippen LogP contribution in [0.1, 0.15) is 32.6 Å². The van der Waals surface area contributed by atoms with E-state index in [1.165, 1.54) is 6.92 Å². The third-order valence-electron chi connectivity index (χ3n) is 6.16. The van der Waals surface area contributed by atoms with Crippen molar-refractivity contribution < 1.29 is 69.1 Å². The predicted molar refractivity (Wildman–Crippen MR) is 95.9 cm³/mol. The third-order valence-corrected chi connectivity index (χ3v) is 6.16. The first-order valence-electron chi connectivity index (χ1n) is 10.5. The molecule has 196 valence electrons. The van der Waals surface area contributed by atoms with E-state index in [0.29, 0.717) is 0 Å². The molecular weight excluding hydrogens is 498 g/mol. The summed E-state index contributed by atoms with van der Waals surface area (Å²) in [7, 11) is 0. The second kappa shape index (κ2) is 8.62. The Hall–Kier alpha value is -2.39. The van der Waals surface area contributed by atoms with E-state index in [4.69, 9.17) is 23.7 Å². The molecule has 1 aliphatic carbocycles. The fraction of sp³-hybridized carbons (Fsp3) is 0.750. The van der Waals surface area contributed by atoms with Gasteiger partial charge >= 0.3 is 30.3 Å². The molecule has 35 heavy (non-hydrogen) atoms. The zero-order chi connectivity index (χ0) is 25.9. The van der Waals surface area contributed by atoms with Crippen molar-refractivity contribution in [3.63, 3.8) is 0 Å². The van der Waals surface area contributed by atoms with E-state index < -0.39 is 78.8 Å². The minimum absolute atomic E-state index is 0.0537. The molecule has 5 atom stereocenters. The smallest absolute Gasteiger partial charge is 0.434 e. The molecule has 3 saturated heterocycles. The van der Waals surface area contributed by atoms with Crippen molar-refractivity contribution in [3.05, 3.63) is 12.2 Å². The SMILES string of the molecule is C=C(C)C(=O)O[C@@H]1C(=O)O[C@@H]2[C@H]3OC4(CCC(C(=O)OC(C(F)(F)F)C(F)(F)F)CC4)O[C@H]3O[C@@H]21. The highest BCUT2D eigenvalue weighted by Gasteiger charge is 2.66. The first kappa shape index (κ1) is 25.7. The molecule has 0 bridgehead atoms. The van der Waals surface area contributed by atoms with Crippen LogP contribution in [0, 0.1) is 5.92 Å². The van der Waals surface area contributed by atoms with Gasteiger partial charge in [0.15, 0.2) is 24.3 Å². The zero-order valence-corrected chi connectivity index (χ0v) is 18.0. The van der Waals surface area contributed by atoms with E-state index in [0.717, 1.165) is 0 Å². The lowest BCUT2D eigenvalue weighted by atomic mass is 9.85. The van der Waals surface area contributed by atoms with Gasteiger partial charge < -0.3 is 28.4 Å². The van der Waals surface area contributed by atoms with Gasteiger partial charge in [-0.25, -0.2) is 9.59 Å². The Labute approximate surface area is 193 Å². The van der Waals surface area contributed by atoms with Crippen LogP contribution in [0.4, 0.5) is 26.3 Å². The first-order chi connectivity index (χ1) is 16.1. The number of rotatable bonds is 4. The minimum Gasteiger partial charge on any atom is -0.454 e. The van der Waals surface area contributed by atoms with Crippen molar-refractivity contribution in [2.45, 2.75) is 87.6 Å². The molecule has 0 aromatic heterocycles. The zero-order valence-electron chi connectivity index (χ0n) is 18.0. The van der Waals surface area contributed by atoms with Crippen LogP contribution in [0.25, 0.3) is 0 Å². The maximum atomic E-state index is 12.7. The summed E-state index contributed by atoms with van der Waals surface area (Å²) in [6.07, 6.45) is -21.6. The summed E-state index contributed by atoms with van der Waals surface area (Å²) in [4.78, 5) is 35.9. The first-order valence-corrected chi connectivity index (χ1v) is 10.5. The van der Waals surface area contributed by atoms with Gasteiger partial charge in [0.1, 0.15) is 6.10 Å². The Balaban J connectivity index is 1.34. The molecule has 3 heterocycles. The van der Waals surface area contributed by atoms with E-state index in [-0.39, 0.29) is 31.3 Å². The molecule has 1 spiro atoms. The average molecular weight is 518 g/mol. The maximum absolute atomic E-state index is 12.7. The highest BCUT2D eigenvalue weighted by atomic mass is 19.4. The van der Waals surface area contributed by atoms with Gasteiger partial charge in [0, 0.05) is 18.4 Å². The van der Waals surface area contributed by atoms with Crippen LogP contribution in [0.3, 0.4) is 0 Å². The van der Waals surface area contributed by atoms with E-state index in [9.17, 15) is 40.7 Å². The number of esters is 3. The van der Waals surface area contributed by atoms with Gasteiger partial charge in [0.05, 0.1) is 5.92 Å². The Morgan fingerprint density at radius 1 is 1.03 bits per heavy atom. The van der Waals surface area contributed by atoms with E-state index in [1.807, 2.05) is 0 Å². The quantitative estimate of drug-likeness (QED) is 0.240. The maximum Gasteiger partial charge on any atom is 0.434 e. The lowest BCUT2D eigenvalue weighted by molar-refractivity contribution is -0.315. The summed E-state index contributed by atoms with van der Waals surface area (Å²) in [5.41, 5.74) is 0.0537. The summed E-state index contributed by atoms with van der Waals surface area (Å²) in [6, 6.07) is 0. The molecule has 0 aromatic carbocycles. The van der Waals surface area contributed by atoms with Crippen molar-refractivity contribution in [1.29, 1.82) is 0 Å². The average Bonchev–Trinajstić information content (AvgIpc) is 3.33. The number of carbonyl (C=O) groups excluding carboxylic acids is 3. The lowest BCUT2D eigenvalue weighted by Crippen LogP contribution is -2.47. The van der Waals surface area contributed by atoms with Crippen LogP contribution in [0.15, 0.2) is 12.2 Å². The van der Waals surface area contributed by atoms with Crippen molar-refractivity contribution in [2.24, 2.45) is 5.92 Å². The Bertz CT molecular complexity index is 894. The van der Waals surface area contributed by atoms with Gasteiger partial charge in [-0.05, 0) is 19.8 Å². The number of ether oxygens (including phenoxy) is 6. The topological polar surface area (TPSA) is 107 Å². The number of alkyl halides is 6. The van der Waals surface area contributed by atoms with Gasteiger partial charge in [-0.15, -0.1) is 0 Å². The van der Waals surface area contributed by atoms with Gasteiger partial charge in [0.2, 0.25) is 6.10 Å². The van der Waals surface area contributed by atoms with Crippen LogP contribution < -0.4 is 0 Å². The molecule has 0 unspecified atom stereocenters. The summed E-state index contributed by atoms with van der Waals surface area (Å²) >= 11 is 0. The number of carbonyl (C=O) groups is 3. The molecule has 0 aromatic rings. The van der Waals surface area contributed by atoms with Crippen molar-refractivity contribution in [3.8, 4) is 0 Å². The Morgan fingerprint density at radius 2 is 1.63 bits per heavy atom. The van der Waals surface area contributed by atoms with Gasteiger partial charge in [-0.2, -0.15) is 26.3 Å². The number of hydrogen-bond acceptors (Lipinski definition) is 9. The number of hydrogen-bond donors (Lipinski definition) is 0. The molecule has 3 aliphatic heterocycles. The second-order valence-corrected chi connectivity index (χ2v) is 8.76. The van der Waals surface area contributed by atoms with Crippen LogP contribution >= 0.6 is 0 Å². The van der Waals surface area contributed by atoms with Crippen LogP contribution in [0.2, 0.25) is 0 Å². The molecule has 0 N–H and O–H groups in total. The Kier molecular flexibility index (Phi) is 6.33. The largest absolute Gasteiger partial charge is 0.454 e. The fourth-order valence-electron chi connectivity index (χ4n) is 4.46. The highest BCUT2D eigenvalue weighted by Crippen LogP contribution is 2.49. The summed E-state index contributed by atoms with van der Waals surface area (Å²) in [5, 5.41) is 0. The van der Waals surface area contributed by atoms with Crippen LogP contribution in [-0.4, -0.2) is 72.9 Å². The van der Waals surface area contributed by atoms with Crippen LogP contribution in [0.5, 0.6) is 0 Å². The molecule has 4 fully saturated rings. The van der Waals surface area contributed by atoms with Gasteiger partial charge in [0.25, 0.3) is 6.10 Å². The molecule has 0 radical (unpaired) electrons. The summed E-state index contributed by atoms with van der Waals surface area (Å²) < 4.78 is 107. The summed E-state index contributed by atoms with van der Waals surface area (Å²) in [5.74, 6) is -5.88. The summed E-state index contributed by atoms with van der Waals surface area (Å²) in [6.45, 7) is 4.81. The molecule has 15 heteroatoms. The van der Waals surface area contributed by atoms with E-state index >= 15 is 0 Å². The molecule has 0 amide bonds. The number of fused-ring (bicyclic) bond motifs is 3. The normalized spacial score (nSPS) is 36.6. The predicted octanol–water partition coefficient (Wildman–Crippen LogP) is 2.46.